The molecule has 1 heterocycles. The van der Waals surface area contributed by atoms with Crippen molar-refractivity contribution >= 4 is 23.4 Å². The average Bonchev–Trinajstić information content (AvgIpc) is 2.78. The maximum Gasteiger partial charge on any atom is 0.416 e. The first-order valence-corrected chi connectivity index (χ1v) is 9.65. The summed E-state index contributed by atoms with van der Waals surface area (Å²) in [4.78, 5) is 28.6. The number of nitrogens with zero attached hydrogens (tertiary/aromatic N) is 1. The monoisotopic (exact) mass is 443 g/mol. The number of esters is 1. The van der Waals surface area contributed by atoms with Crippen LogP contribution in [-0.2, 0) is 15.7 Å². The first-order chi connectivity index (χ1) is 15.2. The molecular formula is C23H20F3N3O3. The number of rotatable bonds is 7. The Kier molecular flexibility index (Phi) is 7.09. The minimum absolute atomic E-state index is 0.00915. The second-order valence-electron chi connectivity index (χ2n) is 6.88. The Hall–Kier alpha value is -3.88. The molecule has 166 valence electrons. The highest BCUT2D eigenvalue weighted by Crippen LogP contribution is 2.31. The minimum Gasteiger partial charge on any atom is -0.452 e. The van der Waals surface area contributed by atoms with Crippen LogP contribution < -0.4 is 10.6 Å². The Bertz CT molecular complexity index is 1090. The van der Waals surface area contributed by atoms with Gasteiger partial charge in [0.2, 0.25) is 0 Å². The van der Waals surface area contributed by atoms with Gasteiger partial charge in [-0.2, -0.15) is 13.2 Å². The van der Waals surface area contributed by atoms with Gasteiger partial charge in [-0.3, -0.25) is 4.79 Å². The van der Waals surface area contributed by atoms with Crippen LogP contribution in [-0.4, -0.2) is 23.5 Å². The molecule has 1 atom stereocenters. The molecule has 0 bridgehead atoms. The molecule has 6 nitrogen and oxygen atoms in total. The summed E-state index contributed by atoms with van der Waals surface area (Å²) in [6, 6.07) is 16.4. The van der Waals surface area contributed by atoms with Crippen LogP contribution in [0.4, 0.5) is 24.7 Å². The molecule has 0 aliphatic carbocycles. The Morgan fingerprint density at radius 3 is 2.50 bits per heavy atom. The number of amides is 1. The van der Waals surface area contributed by atoms with Crippen LogP contribution in [0, 0.1) is 0 Å². The van der Waals surface area contributed by atoms with Crippen LogP contribution in [0.25, 0.3) is 0 Å². The van der Waals surface area contributed by atoms with Gasteiger partial charge < -0.3 is 15.4 Å². The Labute approximate surface area is 182 Å². The van der Waals surface area contributed by atoms with Gasteiger partial charge in [0.25, 0.3) is 5.91 Å². The molecule has 2 N–H and O–H groups in total. The minimum atomic E-state index is -4.51. The third-order valence-corrected chi connectivity index (χ3v) is 4.49. The summed E-state index contributed by atoms with van der Waals surface area (Å²) >= 11 is 0. The molecular weight excluding hydrogens is 423 g/mol. The average molecular weight is 443 g/mol. The van der Waals surface area contributed by atoms with E-state index in [1.54, 1.807) is 6.92 Å². The molecule has 0 saturated carbocycles. The number of carbonyl (C=O) groups is 2. The smallest absolute Gasteiger partial charge is 0.416 e. The van der Waals surface area contributed by atoms with Crippen molar-refractivity contribution in [2.75, 3.05) is 11.9 Å². The van der Waals surface area contributed by atoms with Crippen LogP contribution in [0.1, 0.15) is 34.5 Å². The summed E-state index contributed by atoms with van der Waals surface area (Å²) in [5, 5.41) is 5.42. The van der Waals surface area contributed by atoms with E-state index in [1.807, 2.05) is 30.3 Å². The van der Waals surface area contributed by atoms with E-state index in [-0.39, 0.29) is 23.1 Å². The fraction of sp³-hybridized carbons (Fsp3) is 0.174. The highest BCUT2D eigenvalue weighted by Gasteiger charge is 2.30. The molecule has 1 unspecified atom stereocenters. The third kappa shape index (κ3) is 6.07. The third-order valence-electron chi connectivity index (χ3n) is 4.49. The number of carbonyl (C=O) groups excluding carboxylic acids is 2. The van der Waals surface area contributed by atoms with Crippen molar-refractivity contribution in [1.82, 2.24) is 10.3 Å². The maximum absolute atomic E-state index is 12.9. The van der Waals surface area contributed by atoms with Crippen molar-refractivity contribution in [3.8, 4) is 0 Å². The molecule has 3 rings (SSSR count). The second kappa shape index (κ2) is 9.95. The lowest BCUT2D eigenvalue weighted by Crippen LogP contribution is -2.31. The molecule has 2 aromatic carbocycles. The summed E-state index contributed by atoms with van der Waals surface area (Å²) in [6.07, 6.45) is -3.13. The number of aromatic nitrogens is 1. The van der Waals surface area contributed by atoms with Crippen LogP contribution in [0.5, 0.6) is 0 Å². The molecule has 3 aromatic rings. The standard InChI is InChI=1S/C23H20F3N3O3/c1-15(16-7-3-2-4-8-16)28-20(30)14-32-22(31)19-11-6-12-27-21(19)29-18-10-5-9-17(13-18)23(24,25)26/h2-13,15H,14H2,1H3,(H,27,29)(H,28,30). The van der Waals surface area contributed by atoms with E-state index in [9.17, 15) is 22.8 Å². The van der Waals surface area contributed by atoms with Crippen LogP contribution in [0.2, 0.25) is 0 Å². The molecule has 9 heteroatoms. The molecule has 0 radical (unpaired) electrons. The fourth-order valence-electron chi connectivity index (χ4n) is 2.90. The van der Waals surface area contributed by atoms with Crippen molar-refractivity contribution in [3.63, 3.8) is 0 Å². The number of ether oxygens (including phenoxy) is 1. The molecule has 0 aliphatic rings. The molecule has 32 heavy (non-hydrogen) atoms. The van der Waals surface area contributed by atoms with Crippen molar-refractivity contribution in [2.45, 2.75) is 19.1 Å². The fourth-order valence-corrected chi connectivity index (χ4v) is 2.90. The maximum atomic E-state index is 12.9. The van der Waals surface area contributed by atoms with Crippen molar-refractivity contribution < 1.29 is 27.5 Å². The van der Waals surface area contributed by atoms with Crippen LogP contribution in [0.3, 0.4) is 0 Å². The lowest BCUT2D eigenvalue weighted by molar-refractivity contribution is -0.137. The number of hydrogen-bond donors (Lipinski definition) is 2. The summed E-state index contributed by atoms with van der Waals surface area (Å²) in [5.41, 5.74) is 0.134. The van der Waals surface area contributed by atoms with E-state index in [0.717, 1.165) is 17.7 Å². The molecule has 0 saturated heterocycles. The quantitative estimate of drug-likeness (QED) is 0.509. The van der Waals surface area contributed by atoms with Gasteiger partial charge >= 0.3 is 12.1 Å². The van der Waals surface area contributed by atoms with Crippen molar-refractivity contribution in [1.29, 1.82) is 0 Å². The Balaban J connectivity index is 1.64. The number of benzene rings is 2. The number of halogens is 3. The van der Waals surface area contributed by atoms with Gasteiger partial charge in [0.1, 0.15) is 11.4 Å². The number of alkyl halides is 3. The number of pyridine rings is 1. The summed E-state index contributed by atoms with van der Waals surface area (Å²) < 4.78 is 43.9. The molecule has 0 fully saturated rings. The van der Waals surface area contributed by atoms with Crippen molar-refractivity contribution in [3.05, 3.63) is 89.6 Å². The lowest BCUT2D eigenvalue weighted by Gasteiger charge is -2.15. The molecule has 0 aliphatic heterocycles. The molecule has 1 amide bonds. The summed E-state index contributed by atoms with van der Waals surface area (Å²) in [5.74, 6) is -1.32. The molecule has 1 aromatic heterocycles. The zero-order chi connectivity index (χ0) is 23.1. The predicted molar refractivity (Wildman–Crippen MR) is 112 cm³/mol. The summed E-state index contributed by atoms with van der Waals surface area (Å²) in [7, 11) is 0. The van der Waals surface area contributed by atoms with E-state index in [2.05, 4.69) is 15.6 Å². The van der Waals surface area contributed by atoms with Gasteiger partial charge in [-0.25, -0.2) is 9.78 Å². The predicted octanol–water partition coefficient (Wildman–Crippen LogP) is 4.88. The van der Waals surface area contributed by atoms with Gasteiger partial charge in [0, 0.05) is 11.9 Å². The highest BCUT2D eigenvalue weighted by atomic mass is 19.4. The number of anilines is 2. The van der Waals surface area contributed by atoms with E-state index < -0.39 is 30.2 Å². The lowest BCUT2D eigenvalue weighted by atomic mass is 10.1. The topological polar surface area (TPSA) is 80.3 Å². The van der Waals surface area contributed by atoms with Gasteiger partial charge in [0.15, 0.2) is 6.61 Å². The Morgan fingerprint density at radius 2 is 1.78 bits per heavy atom. The largest absolute Gasteiger partial charge is 0.452 e. The normalized spacial score (nSPS) is 12.0. The highest BCUT2D eigenvalue weighted by molar-refractivity contribution is 5.96. The van der Waals surface area contributed by atoms with Gasteiger partial charge in [0.05, 0.1) is 11.6 Å². The second-order valence-corrected chi connectivity index (χ2v) is 6.88. The van der Waals surface area contributed by atoms with E-state index >= 15 is 0 Å². The van der Waals surface area contributed by atoms with Gasteiger partial charge in [-0.15, -0.1) is 0 Å². The SMILES string of the molecule is CC(NC(=O)COC(=O)c1cccnc1Nc1cccc(C(F)(F)F)c1)c1ccccc1. The Morgan fingerprint density at radius 1 is 1.03 bits per heavy atom. The van der Waals surface area contributed by atoms with E-state index in [1.165, 1.54) is 30.5 Å². The number of hydrogen-bond acceptors (Lipinski definition) is 5. The van der Waals surface area contributed by atoms with E-state index in [0.29, 0.717) is 0 Å². The zero-order valence-corrected chi connectivity index (χ0v) is 17.0. The van der Waals surface area contributed by atoms with Crippen molar-refractivity contribution in [2.24, 2.45) is 0 Å². The first kappa shape index (κ1) is 22.8. The van der Waals surface area contributed by atoms with Gasteiger partial charge in [-0.1, -0.05) is 36.4 Å². The summed E-state index contributed by atoms with van der Waals surface area (Å²) in [6.45, 7) is 1.28. The van der Waals surface area contributed by atoms with Crippen LogP contribution >= 0.6 is 0 Å². The van der Waals surface area contributed by atoms with E-state index in [4.69, 9.17) is 4.74 Å². The van der Waals surface area contributed by atoms with Crippen LogP contribution in [0.15, 0.2) is 72.9 Å². The van der Waals surface area contributed by atoms with Gasteiger partial charge in [-0.05, 0) is 42.8 Å². The molecule has 0 spiro atoms. The zero-order valence-electron chi connectivity index (χ0n) is 17.0. The number of nitrogens with one attached hydrogen (secondary N) is 2. The first-order valence-electron chi connectivity index (χ1n) is 9.65.